The van der Waals surface area contributed by atoms with Gasteiger partial charge in [-0.1, -0.05) is 0 Å². The van der Waals surface area contributed by atoms with Crippen molar-refractivity contribution in [3.63, 3.8) is 0 Å². The van der Waals surface area contributed by atoms with Gasteiger partial charge in [0, 0.05) is 50.3 Å². The monoisotopic (exact) mass is 405 g/mol. The molecule has 1 aromatic heterocycles. The second-order valence-electron chi connectivity index (χ2n) is 6.91. The van der Waals surface area contributed by atoms with Gasteiger partial charge in [0.05, 0.1) is 4.90 Å². The number of sulfonamides is 1. The zero-order valence-electron chi connectivity index (χ0n) is 15.8. The highest BCUT2D eigenvalue weighted by molar-refractivity contribution is 7.89. The Bertz CT molecular complexity index is 1040. The number of nitrogens with two attached hydrogens (primary N) is 1. The number of piperidine rings is 1. The molecule has 2 heterocycles. The number of aryl methyl sites for hydroxylation is 1. The molecule has 3 rings (SSSR count). The summed E-state index contributed by atoms with van der Waals surface area (Å²) in [7, 11) is -2.07. The van der Waals surface area contributed by atoms with E-state index < -0.39 is 10.0 Å². The van der Waals surface area contributed by atoms with Crippen molar-refractivity contribution >= 4 is 15.9 Å². The first-order valence-corrected chi connectivity index (χ1v) is 10.5. The average molecular weight is 405 g/mol. The van der Waals surface area contributed by atoms with Gasteiger partial charge in [0.2, 0.25) is 10.0 Å². The lowest BCUT2D eigenvalue weighted by atomic mass is 10.1. The minimum absolute atomic E-state index is 0.0274. The predicted molar refractivity (Wildman–Crippen MR) is 104 cm³/mol. The quantitative estimate of drug-likeness (QED) is 0.816. The number of nitrogens with zero attached hydrogens (tertiary/aromatic N) is 2. The fourth-order valence-corrected chi connectivity index (χ4v) is 3.66. The van der Waals surface area contributed by atoms with Gasteiger partial charge in [0.1, 0.15) is 11.9 Å². The number of primary sulfonamides is 1. The molecule has 8 nitrogen and oxygen atoms in total. The molecule has 0 spiro atoms. The molecule has 1 aliphatic rings. The highest BCUT2D eigenvalue weighted by Crippen LogP contribution is 2.20. The van der Waals surface area contributed by atoms with Crippen molar-refractivity contribution in [2.24, 2.45) is 12.2 Å². The topological polar surface area (TPSA) is 112 Å². The third-order valence-electron chi connectivity index (χ3n) is 4.94. The van der Waals surface area contributed by atoms with Gasteiger partial charge < -0.3 is 14.2 Å². The van der Waals surface area contributed by atoms with Crippen LogP contribution in [0.25, 0.3) is 0 Å². The molecule has 2 aromatic rings. The van der Waals surface area contributed by atoms with Crippen molar-refractivity contribution < 1.29 is 17.9 Å². The van der Waals surface area contributed by atoms with E-state index >= 15 is 0 Å². The van der Waals surface area contributed by atoms with E-state index in [9.17, 15) is 18.0 Å². The minimum Gasteiger partial charge on any atom is -0.490 e. The third kappa shape index (κ3) is 4.42. The molecule has 1 aliphatic heterocycles. The molecule has 1 amide bonds. The van der Waals surface area contributed by atoms with Crippen molar-refractivity contribution in [3.8, 4) is 5.75 Å². The van der Waals surface area contributed by atoms with E-state index in [1.54, 1.807) is 16.5 Å². The second kappa shape index (κ2) is 7.76. The first-order chi connectivity index (χ1) is 13.1. The van der Waals surface area contributed by atoms with Crippen LogP contribution in [0.1, 0.15) is 28.9 Å². The van der Waals surface area contributed by atoms with E-state index in [2.05, 4.69) is 0 Å². The molecular formula is C19H23N3O5S. The van der Waals surface area contributed by atoms with Gasteiger partial charge >= 0.3 is 0 Å². The lowest BCUT2D eigenvalue weighted by Gasteiger charge is -2.32. The maximum atomic E-state index is 12.6. The molecule has 1 saturated heterocycles. The fraction of sp³-hybridized carbons (Fsp3) is 0.368. The Morgan fingerprint density at radius 3 is 2.29 bits per heavy atom. The number of hydrogen-bond donors (Lipinski definition) is 1. The predicted octanol–water partition coefficient (Wildman–Crippen LogP) is 1.02. The fourth-order valence-electron chi connectivity index (χ4n) is 3.14. The van der Waals surface area contributed by atoms with Crippen molar-refractivity contribution in [1.82, 2.24) is 9.47 Å². The van der Waals surface area contributed by atoms with Gasteiger partial charge in [-0.3, -0.25) is 9.59 Å². The van der Waals surface area contributed by atoms with Crippen LogP contribution in [0.2, 0.25) is 0 Å². The summed E-state index contributed by atoms with van der Waals surface area (Å²) in [4.78, 5) is 26.2. The number of carbonyl (C=O) groups excluding carboxylic acids is 1. The number of rotatable bonds is 4. The van der Waals surface area contributed by atoms with E-state index in [4.69, 9.17) is 9.88 Å². The molecule has 1 fully saturated rings. The molecule has 0 saturated carbocycles. The molecule has 0 aliphatic carbocycles. The highest BCUT2D eigenvalue weighted by atomic mass is 32.2. The van der Waals surface area contributed by atoms with E-state index in [1.807, 2.05) is 13.0 Å². The Hall–Kier alpha value is -2.65. The maximum absolute atomic E-state index is 12.6. The van der Waals surface area contributed by atoms with Crippen LogP contribution in [0.5, 0.6) is 5.75 Å². The summed E-state index contributed by atoms with van der Waals surface area (Å²) in [5.41, 5.74) is 1.11. The Morgan fingerprint density at radius 1 is 1.14 bits per heavy atom. The van der Waals surface area contributed by atoms with Crippen molar-refractivity contribution in [1.29, 1.82) is 0 Å². The molecule has 0 atom stereocenters. The Morgan fingerprint density at radius 2 is 1.75 bits per heavy atom. The molecule has 28 heavy (non-hydrogen) atoms. The number of aromatic nitrogens is 1. The number of ether oxygens (including phenoxy) is 1. The average Bonchev–Trinajstić information content (AvgIpc) is 2.65. The van der Waals surface area contributed by atoms with Crippen molar-refractivity contribution in [3.05, 3.63) is 58.0 Å². The maximum Gasteiger partial charge on any atom is 0.254 e. The van der Waals surface area contributed by atoms with Crippen LogP contribution in [0, 0.1) is 6.92 Å². The van der Waals surface area contributed by atoms with E-state index in [0.717, 1.165) is 5.69 Å². The zero-order valence-corrected chi connectivity index (χ0v) is 16.6. The standard InChI is InChI=1S/C19H23N3O5S/c1-13-11-16(12-18(23)21(13)2)27-15-7-9-22(10-8-15)19(24)14-3-5-17(6-4-14)28(20,25)26/h3-6,11-12,15H,7-10H2,1-2H3,(H2,20,25,26). The highest BCUT2D eigenvalue weighted by Gasteiger charge is 2.25. The Labute approximate surface area is 163 Å². The largest absolute Gasteiger partial charge is 0.490 e. The number of amides is 1. The molecule has 0 bridgehead atoms. The van der Waals surface area contributed by atoms with Crippen LogP contribution >= 0.6 is 0 Å². The Balaban J connectivity index is 1.60. The van der Waals surface area contributed by atoms with Crippen molar-refractivity contribution in [2.45, 2.75) is 30.8 Å². The summed E-state index contributed by atoms with van der Waals surface area (Å²) in [6.45, 7) is 2.88. The lowest BCUT2D eigenvalue weighted by molar-refractivity contribution is 0.0595. The van der Waals surface area contributed by atoms with Gasteiger partial charge in [-0.25, -0.2) is 13.6 Å². The van der Waals surface area contributed by atoms with Crippen LogP contribution in [-0.2, 0) is 17.1 Å². The molecule has 0 radical (unpaired) electrons. The molecule has 2 N–H and O–H groups in total. The summed E-state index contributed by atoms with van der Waals surface area (Å²) in [6, 6.07) is 8.89. The van der Waals surface area contributed by atoms with Gasteiger partial charge in [0.25, 0.3) is 11.5 Å². The van der Waals surface area contributed by atoms with E-state index in [1.165, 1.54) is 30.3 Å². The second-order valence-corrected chi connectivity index (χ2v) is 8.47. The van der Waals surface area contributed by atoms with Crippen LogP contribution in [0.3, 0.4) is 0 Å². The van der Waals surface area contributed by atoms with Gasteiger partial charge in [-0.15, -0.1) is 0 Å². The SMILES string of the molecule is Cc1cc(OC2CCN(C(=O)c3ccc(S(N)(=O)=O)cc3)CC2)cc(=O)n1C. The third-order valence-corrected chi connectivity index (χ3v) is 5.87. The van der Waals surface area contributed by atoms with Crippen LogP contribution in [0.15, 0.2) is 46.1 Å². The van der Waals surface area contributed by atoms with Crippen LogP contribution < -0.4 is 15.4 Å². The Kier molecular flexibility index (Phi) is 5.57. The first-order valence-electron chi connectivity index (χ1n) is 8.91. The lowest BCUT2D eigenvalue weighted by Crippen LogP contribution is -2.41. The summed E-state index contributed by atoms with van der Waals surface area (Å²) in [5.74, 6) is 0.382. The summed E-state index contributed by atoms with van der Waals surface area (Å²) < 4.78 is 30.1. The first kappa shape index (κ1) is 20.1. The van der Waals surface area contributed by atoms with E-state index in [-0.39, 0.29) is 22.5 Å². The van der Waals surface area contributed by atoms with Gasteiger partial charge in [-0.2, -0.15) is 0 Å². The van der Waals surface area contributed by atoms with Crippen LogP contribution in [0.4, 0.5) is 0 Å². The summed E-state index contributed by atoms with van der Waals surface area (Å²) >= 11 is 0. The minimum atomic E-state index is -3.78. The summed E-state index contributed by atoms with van der Waals surface area (Å²) in [6.07, 6.45) is 1.23. The number of benzene rings is 1. The van der Waals surface area contributed by atoms with Gasteiger partial charge in [0.15, 0.2) is 0 Å². The van der Waals surface area contributed by atoms with Gasteiger partial charge in [-0.05, 0) is 37.3 Å². The molecular weight excluding hydrogens is 382 g/mol. The molecule has 0 unspecified atom stereocenters. The number of pyridine rings is 1. The molecule has 150 valence electrons. The normalized spacial score (nSPS) is 15.5. The van der Waals surface area contributed by atoms with Crippen LogP contribution in [-0.4, -0.2) is 43.0 Å². The zero-order chi connectivity index (χ0) is 20.5. The number of likely N-dealkylation sites (tertiary alicyclic amines) is 1. The number of carbonyl (C=O) groups is 1. The summed E-state index contributed by atoms with van der Waals surface area (Å²) in [5, 5.41) is 5.07. The molecule has 1 aromatic carbocycles. The van der Waals surface area contributed by atoms with Crippen molar-refractivity contribution in [2.75, 3.05) is 13.1 Å². The van der Waals surface area contributed by atoms with E-state index in [0.29, 0.717) is 37.2 Å². The molecule has 9 heteroatoms. The number of hydrogen-bond acceptors (Lipinski definition) is 5. The smallest absolute Gasteiger partial charge is 0.254 e.